The maximum Gasteiger partial charge on any atom is 0.0925 e. The van der Waals surface area contributed by atoms with Crippen LogP contribution in [0.4, 0.5) is 0 Å². The van der Waals surface area contributed by atoms with E-state index in [4.69, 9.17) is 0 Å². The number of hydrogen-bond acceptors (Lipinski definition) is 4. The van der Waals surface area contributed by atoms with Crippen LogP contribution < -0.4 is 5.32 Å². The number of aliphatic hydroxyl groups excluding tert-OH is 1. The summed E-state index contributed by atoms with van der Waals surface area (Å²) < 4.78 is 0. The highest BCUT2D eigenvalue weighted by molar-refractivity contribution is 7.11. The molecule has 2 rings (SSSR count). The first kappa shape index (κ1) is 13.0. The van der Waals surface area contributed by atoms with Crippen molar-refractivity contribution >= 4 is 11.3 Å². The molecule has 96 valence electrons. The van der Waals surface area contributed by atoms with Gasteiger partial charge in [0.2, 0.25) is 0 Å². The van der Waals surface area contributed by atoms with Crippen molar-refractivity contribution in [2.75, 3.05) is 6.54 Å². The molecule has 0 aliphatic heterocycles. The number of aliphatic hydroxyl groups is 1. The second-order valence-electron chi connectivity index (χ2n) is 4.82. The van der Waals surface area contributed by atoms with E-state index in [0.717, 1.165) is 32.4 Å². The zero-order chi connectivity index (χ0) is 12.1. The molecule has 17 heavy (non-hydrogen) atoms. The molecule has 0 saturated heterocycles. The molecule has 1 heterocycles. The highest BCUT2D eigenvalue weighted by atomic mass is 32.1. The lowest BCUT2D eigenvalue weighted by Crippen LogP contribution is -2.33. The Hall–Kier alpha value is -0.450. The van der Waals surface area contributed by atoms with Crippen molar-refractivity contribution in [3.8, 4) is 0 Å². The van der Waals surface area contributed by atoms with Crippen LogP contribution in [0.25, 0.3) is 0 Å². The van der Waals surface area contributed by atoms with E-state index in [1.807, 2.05) is 6.20 Å². The summed E-state index contributed by atoms with van der Waals surface area (Å²) in [6.45, 7) is 3.95. The van der Waals surface area contributed by atoms with Crippen molar-refractivity contribution < 1.29 is 5.11 Å². The largest absolute Gasteiger partial charge is 0.393 e. The smallest absolute Gasteiger partial charge is 0.0925 e. The summed E-state index contributed by atoms with van der Waals surface area (Å²) in [5, 5.41) is 14.5. The Kier molecular flexibility index (Phi) is 4.95. The van der Waals surface area contributed by atoms with Gasteiger partial charge in [-0.2, -0.15) is 0 Å². The molecule has 0 radical (unpaired) electrons. The Morgan fingerprint density at radius 3 is 3.00 bits per heavy atom. The highest BCUT2D eigenvalue weighted by Crippen LogP contribution is 2.23. The number of rotatable bonds is 5. The van der Waals surface area contributed by atoms with Crippen molar-refractivity contribution in [3.63, 3.8) is 0 Å². The SMILES string of the molecule is CCc1ncc(CNCC2CCCCC2O)s1. The first-order valence-electron chi connectivity index (χ1n) is 6.62. The van der Waals surface area contributed by atoms with Crippen LogP contribution in [-0.4, -0.2) is 22.7 Å². The first-order valence-corrected chi connectivity index (χ1v) is 7.43. The molecular formula is C13H22N2OS. The molecule has 2 unspecified atom stereocenters. The monoisotopic (exact) mass is 254 g/mol. The van der Waals surface area contributed by atoms with E-state index in [9.17, 15) is 5.11 Å². The van der Waals surface area contributed by atoms with Gasteiger partial charge in [0.1, 0.15) is 0 Å². The molecular weight excluding hydrogens is 232 g/mol. The third kappa shape index (κ3) is 3.76. The Labute approximate surface area is 107 Å². The van der Waals surface area contributed by atoms with Gasteiger partial charge in [0.05, 0.1) is 11.1 Å². The molecule has 1 fully saturated rings. The predicted molar refractivity (Wildman–Crippen MR) is 71.2 cm³/mol. The normalized spacial score (nSPS) is 25.1. The Morgan fingerprint density at radius 2 is 2.29 bits per heavy atom. The van der Waals surface area contributed by atoms with E-state index in [1.54, 1.807) is 11.3 Å². The summed E-state index contributed by atoms with van der Waals surface area (Å²) in [5.41, 5.74) is 0. The van der Waals surface area contributed by atoms with E-state index >= 15 is 0 Å². The van der Waals surface area contributed by atoms with Gasteiger partial charge in [-0.05, 0) is 25.2 Å². The molecule has 0 amide bonds. The Balaban J connectivity index is 1.71. The van der Waals surface area contributed by atoms with Gasteiger partial charge in [-0.1, -0.05) is 19.8 Å². The number of hydrogen-bond donors (Lipinski definition) is 2. The van der Waals surface area contributed by atoms with Gasteiger partial charge in [0.25, 0.3) is 0 Å². The van der Waals surface area contributed by atoms with Crippen molar-refractivity contribution in [1.82, 2.24) is 10.3 Å². The maximum absolute atomic E-state index is 9.86. The third-order valence-corrected chi connectivity index (χ3v) is 4.62. The van der Waals surface area contributed by atoms with Gasteiger partial charge in [-0.25, -0.2) is 4.98 Å². The van der Waals surface area contributed by atoms with E-state index in [-0.39, 0.29) is 6.10 Å². The molecule has 1 saturated carbocycles. The van der Waals surface area contributed by atoms with Crippen LogP contribution in [-0.2, 0) is 13.0 Å². The predicted octanol–water partition coefficient (Wildman–Crippen LogP) is 2.35. The van der Waals surface area contributed by atoms with Gasteiger partial charge >= 0.3 is 0 Å². The van der Waals surface area contributed by atoms with Crippen LogP contribution in [0.15, 0.2) is 6.20 Å². The lowest BCUT2D eigenvalue weighted by atomic mass is 9.86. The van der Waals surface area contributed by atoms with Crippen LogP contribution in [0.5, 0.6) is 0 Å². The lowest BCUT2D eigenvalue weighted by molar-refractivity contribution is 0.0695. The van der Waals surface area contributed by atoms with Crippen LogP contribution >= 0.6 is 11.3 Å². The fourth-order valence-electron chi connectivity index (χ4n) is 2.40. The van der Waals surface area contributed by atoms with Crippen LogP contribution in [0.1, 0.15) is 42.5 Å². The minimum Gasteiger partial charge on any atom is -0.393 e. The lowest BCUT2D eigenvalue weighted by Gasteiger charge is -2.27. The van der Waals surface area contributed by atoms with Crippen molar-refractivity contribution in [2.45, 2.75) is 51.7 Å². The summed E-state index contributed by atoms with van der Waals surface area (Å²) in [6.07, 6.45) is 7.49. The number of aromatic nitrogens is 1. The summed E-state index contributed by atoms with van der Waals surface area (Å²) in [6, 6.07) is 0. The second-order valence-corrected chi connectivity index (χ2v) is 6.02. The van der Waals surface area contributed by atoms with Gasteiger partial charge in [-0.15, -0.1) is 11.3 Å². The number of thiazole rings is 1. The average Bonchev–Trinajstić information content (AvgIpc) is 2.80. The summed E-state index contributed by atoms with van der Waals surface area (Å²) in [7, 11) is 0. The molecule has 1 aliphatic rings. The molecule has 4 heteroatoms. The fraction of sp³-hybridized carbons (Fsp3) is 0.769. The second kappa shape index (κ2) is 6.47. The quantitative estimate of drug-likeness (QED) is 0.848. The first-order chi connectivity index (χ1) is 8.29. The maximum atomic E-state index is 9.86. The van der Waals surface area contributed by atoms with E-state index in [1.165, 1.54) is 22.7 Å². The van der Waals surface area contributed by atoms with Crippen LogP contribution in [0.3, 0.4) is 0 Å². The summed E-state index contributed by atoms with van der Waals surface area (Å²) >= 11 is 1.78. The van der Waals surface area contributed by atoms with Crippen molar-refractivity contribution in [2.24, 2.45) is 5.92 Å². The van der Waals surface area contributed by atoms with E-state index < -0.39 is 0 Å². The third-order valence-electron chi connectivity index (χ3n) is 3.48. The van der Waals surface area contributed by atoms with Crippen molar-refractivity contribution in [1.29, 1.82) is 0 Å². The molecule has 1 aliphatic carbocycles. The van der Waals surface area contributed by atoms with E-state index in [2.05, 4.69) is 17.2 Å². The number of aryl methyl sites for hydroxylation is 1. The Morgan fingerprint density at radius 1 is 1.47 bits per heavy atom. The minimum absolute atomic E-state index is 0.0936. The summed E-state index contributed by atoms with van der Waals surface area (Å²) in [4.78, 5) is 5.64. The molecule has 0 aromatic carbocycles. The van der Waals surface area contributed by atoms with Crippen molar-refractivity contribution in [3.05, 3.63) is 16.1 Å². The average molecular weight is 254 g/mol. The van der Waals surface area contributed by atoms with Gasteiger partial charge in [0, 0.05) is 24.2 Å². The minimum atomic E-state index is -0.0936. The molecule has 1 aromatic heterocycles. The topological polar surface area (TPSA) is 45.2 Å². The Bertz CT molecular complexity index is 340. The molecule has 1 aromatic rings. The molecule has 2 N–H and O–H groups in total. The molecule has 0 spiro atoms. The van der Waals surface area contributed by atoms with Gasteiger partial charge in [-0.3, -0.25) is 0 Å². The summed E-state index contributed by atoms with van der Waals surface area (Å²) in [5.74, 6) is 0.447. The van der Waals surface area contributed by atoms with Gasteiger partial charge in [0.15, 0.2) is 0 Å². The van der Waals surface area contributed by atoms with Gasteiger partial charge < -0.3 is 10.4 Å². The number of nitrogens with zero attached hydrogens (tertiary/aromatic N) is 1. The van der Waals surface area contributed by atoms with E-state index in [0.29, 0.717) is 5.92 Å². The molecule has 2 atom stereocenters. The zero-order valence-electron chi connectivity index (χ0n) is 10.5. The van der Waals surface area contributed by atoms with Crippen LogP contribution in [0.2, 0.25) is 0 Å². The highest BCUT2D eigenvalue weighted by Gasteiger charge is 2.22. The standard InChI is InChI=1S/C13H22N2OS/c1-2-13-15-9-11(17-13)8-14-7-10-5-3-4-6-12(10)16/h9-10,12,14,16H,2-8H2,1H3. The van der Waals surface area contributed by atoms with Crippen LogP contribution in [0, 0.1) is 5.92 Å². The fourth-order valence-corrected chi connectivity index (χ4v) is 3.23. The number of nitrogens with one attached hydrogen (secondary N) is 1. The molecule has 3 nitrogen and oxygen atoms in total. The zero-order valence-corrected chi connectivity index (χ0v) is 11.3. The molecule has 0 bridgehead atoms.